The van der Waals surface area contributed by atoms with Crippen molar-refractivity contribution in [2.24, 2.45) is 0 Å². The number of hydrogen-bond acceptors (Lipinski definition) is 7. The minimum atomic E-state index is -0.509. The van der Waals surface area contributed by atoms with E-state index in [1.165, 1.54) is 12.4 Å². The van der Waals surface area contributed by atoms with Crippen LogP contribution in [0.15, 0.2) is 36.7 Å². The number of halogens is 1. The van der Waals surface area contributed by atoms with Crippen LogP contribution in [0.5, 0.6) is 5.75 Å². The van der Waals surface area contributed by atoms with Crippen LogP contribution in [0.25, 0.3) is 10.9 Å². The minimum Gasteiger partial charge on any atom is -0.494 e. The number of benzene rings is 2. The quantitative estimate of drug-likeness (QED) is 0.617. The number of ether oxygens (including phenoxy) is 2. The average molecular weight is 447 g/mol. The van der Waals surface area contributed by atoms with Crippen LogP contribution in [0.3, 0.4) is 0 Å². The fraction of sp³-hybridized carbons (Fsp3) is 0.348. The third-order valence-electron chi connectivity index (χ3n) is 6.34. The first-order chi connectivity index (χ1) is 15.9. The van der Waals surface area contributed by atoms with Crippen LogP contribution in [-0.4, -0.2) is 68.2 Å². The Morgan fingerprint density at radius 2 is 2.00 bits per heavy atom. The van der Waals surface area contributed by atoms with Crippen LogP contribution in [0, 0.1) is 5.82 Å². The number of piperidine rings is 1. The molecule has 168 valence electrons. The summed E-state index contributed by atoms with van der Waals surface area (Å²) in [4.78, 5) is 25.4. The van der Waals surface area contributed by atoms with Crippen molar-refractivity contribution in [3.05, 3.63) is 42.5 Å². The Hall–Kier alpha value is -3.40. The molecule has 10 heteroatoms. The molecule has 1 aromatic heterocycles. The van der Waals surface area contributed by atoms with Crippen LogP contribution >= 0.6 is 0 Å². The highest BCUT2D eigenvalue weighted by Crippen LogP contribution is 2.41. The van der Waals surface area contributed by atoms with Gasteiger partial charge in [-0.1, -0.05) is 11.5 Å². The highest BCUT2D eigenvalue weighted by atomic mass is 19.1. The Bertz CT molecular complexity index is 1230. The average Bonchev–Trinajstić information content (AvgIpc) is 3.12. The Labute approximate surface area is 192 Å². The van der Waals surface area contributed by atoms with Crippen LogP contribution in [0.2, 0.25) is 0 Å². The number of amides is 1. The van der Waals surface area contributed by atoms with Gasteiger partial charge in [-0.3, -0.25) is 4.90 Å². The van der Waals surface area contributed by atoms with Gasteiger partial charge < -0.3 is 19.7 Å². The summed E-state index contributed by atoms with van der Waals surface area (Å²) in [5, 5.41) is 3.62. The van der Waals surface area contributed by atoms with Gasteiger partial charge in [-0.25, -0.2) is 19.2 Å². The van der Waals surface area contributed by atoms with Gasteiger partial charge in [0.1, 0.15) is 37.2 Å². The second-order valence-electron chi connectivity index (χ2n) is 8.57. The normalized spacial score (nSPS) is 18.0. The second-order valence-corrected chi connectivity index (χ2v) is 8.57. The molecule has 2 aromatic carbocycles. The monoisotopic (exact) mass is 447 g/mol. The zero-order valence-corrected chi connectivity index (χ0v) is 18.5. The Balaban J connectivity index is 1.54. The van der Waals surface area contributed by atoms with Gasteiger partial charge in [0, 0.05) is 37.4 Å². The lowest BCUT2D eigenvalue weighted by molar-refractivity contribution is 0.00678. The van der Waals surface area contributed by atoms with Crippen molar-refractivity contribution in [1.29, 1.82) is 0 Å². The van der Waals surface area contributed by atoms with E-state index in [2.05, 4.69) is 27.2 Å². The van der Waals surface area contributed by atoms with E-state index in [1.54, 1.807) is 36.3 Å². The second kappa shape index (κ2) is 8.19. The van der Waals surface area contributed by atoms with Crippen LogP contribution in [-0.2, 0) is 4.74 Å². The molecule has 5 rings (SSSR count). The molecule has 1 spiro atoms. The van der Waals surface area contributed by atoms with Crippen molar-refractivity contribution in [1.82, 2.24) is 14.9 Å². The first-order valence-corrected chi connectivity index (χ1v) is 10.7. The maximum Gasteiger partial charge on any atom is 0.415 e. The summed E-state index contributed by atoms with van der Waals surface area (Å²) in [6.45, 7) is 2.17. The van der Waals surface area contributed by atoms with Crippen molar-refractivity contribution in [3.8, 4) is 5.75 Å². The van der Waals surface area contributed by atoms with Gasteiger partial charge in [-0.2, -0.15) is 0 Å². The molecule has 3 heterocycles. The Morgan fingerprint density at radius 3 is 2.73 bits per heavy atom. The third kappa shape index (κ3) is 3.95. The van der Waals surface area contributed by atoms with E-state index >= 15 is 0 Å². The number of carbonyl (C=O) groups is 1. The van der Waals surface area contributed by atoms with E-state index in [4.69, 9.17) is 17.3 Å². The maximum atomic E-state index is 14.4. The summed E-state index contributed by atoms with van der Waals surface area (Å²) in [5.41, 5.74) is 1.19. The van der Waals surface area contributed by atoms with Gasteiger partial charge in [0.25, 0.3) is 0 Å². The number of carbonyl (C=O) groups excluding carboxylic acids is 1. The van der Waals surface area contributed by atoms with Crippen molar-refractivity contribution >= 4 is 47.5 Å². The summed E-state index contributed by atoms with van der Waals surface area (Å²) in [5.74, 6) is 0.393. The van der Waals surface area contributed by atoms with Crippen molar-refractivity contribution in [2.75, 3.05) is 44.0 Å². The summed E-state index contributed by atoms with van der Waals surface area (Å²) >= 11 is 0. The van der Waals surface area contributed by atoms with Crippen molar-refractivity contribution < 1.29 is 18.7 Å². The first-order valence-electron chi connectivity index (χ1n) is 10.7. The standard InChI is InChI=1S/C23H23BFN5O3/c1-29-7-5-23(6-8-29)12-30(22(31)33-23)19-10-15-18(11-20(19)32-2)26-13-27-21(15)28-17-4-3-14(24)9-16(17)25/h3-4,9-11,13H,5-8,12H2,1-2H3,(H,26,27,28). The Kier molecular flexibility index (Phi) is 5.32. The van der Waals surface area contributed by atoms with E-state index in [-0.39, 0.29) is 5.69 Å². The summed E-state index contributed by atoms with van der Waals surface area (Å²) < 4.78 is 25.8. The van der Waals surface area contributed by atoms with Gasteiger partial charge in [-0.05, 0) is 25.2 Å². The number of nitrogens with one attached hydrogen (secondary N) is 1. The molecule has 1 N–H and O–H groups in total. The van der Waals surface area contributed by atoms with E-state index in [1.807, 2.05) is 0 Å². The maximum absolute atomic E-state index is 14.4. The Morgan fingerprint density at radius 1 is 1.21 bits per heavy atom. The fourth-order valence-electron chi connectivity index (χ4n) is 4.40. The lowest BCUT2D eigenvalue weighted by atomic mass is 9.91. The SMILES string of the molecule is [B]c1ccc(Nc2ncnc3cc(OC)c(N4CC5(CCN(C)CC5)OC4=O)cc23)c(F)c1. The topological polar surface area (TPSA) is 79.8 Å². The number of methoxy groups -OCH3 is 1. The molecular formula is C23H23BFN5O3. The molecule has 3 aromatic rings. The number of hydrogen-bond donors (Lipinski definition) is 1. The molecule has 0 atom stereocenters. The van der Waals surface area contributed by atoms with E-state index < -0.39 is 17.5 Å². The summed E-state index contributed by atoms with van der Waals surface area (Å²) in [7, 11) is 9.26. The number of anilines is 3. The van der Waals surface area contributed by atoms with Gasteiger partial charge in [0.2, 0.25) is 0 Å². The van der Waals surface area contributed by atoms with Gasteiger partial charge in [0.15, 0.2) is 0 Å². The van der Waals surface area contributed by atoms with Crippen molar-refractivity contribution in [3.63, 3.8) is 0 Å². The third-order valence-corrected chi connectivity index (χ3v) is 6.34. The van der Waals surface area contributed by atoms with Gasteiger partial charge >= 0.3 is 6.09 Å². The number of nitrogens with zero attached hydrogens (tertiary/aromatic N) is 4. The number of likely N-dealkylation sites (tertiary alicyclic amines) is 1. The van der Waals surface area contributed by atoms with Crippen LogP contribution in [0.4, 0.5) is 26.4 Å². The van der Waals surface area contributed by atoms with E-state index in [0.717, 1.165) is 25.9 Å². The fourth-order valence-corrected chi connectivity index (χ4v) is 4.40. The number of fused-ring (bicyclic) bond motifs is 1. The predicted molar refractivity (Wildman–Crippen MR) is 124 cm³/mol. The number of aromatic nitrogens is 2. The van der Waals surface area contributed by atoms with Gasteiger partial charge in [-0.15, -0.1) is 0 Å². The number of rotatable bonds is 4. The molecule has 0 saturated carbocycles. The van der Waals surface area contributed by atoms with E-state index in [0.29, 0.717) is 40.2 Å². The van der Waals surface area contributed by atoms with Gasteiger partial charge in [0.05, 0.1) is 30.5 Å². The molecule has 2 aliphatic rings. The lowest BCUT2D eigenvalue weighted by Crippen LogP contribution is -2.45. The van der Waals surface area contributed by atoms with Crippen molar-refractivity contribution in [2.45, 2.75) is 18.4 Å². The van der Waals surface area contributed by atoms with Crippen LogP contribution < -0.4 is 20.4 Å². The van der Waals surface area contributed by atoms with Crippen LogP contribution in [0.1, 0.15) is 12.8 Å². The zero-order valence-electron chi connectivity index (χ0n) is 18.5. The molecule has 0 unspecified atom stereocenters. The van der Waals surface area contributed by atoms with E-state index in [9.17, 15) is 9.18 Å². The predicted octanol–water partition coefficient (Wildman–Crippen LogP) is 2.74. The summed E-state index contributed by atoms with van der Waals surface area (Å²) in [6.07, 6.45) is 2.52. The minimum absolute atomic E-state index is 0.229. The molecular weight excluding hydrogens is 424 g/mol. The largest absolute Gasteiger partial charge is 0.494 e. The highest BCUT2D eigenvalue weighted by molar-refractivity contribution is 6.32. The molecule has 1 amide bonds. The smallest absolute Gasteiger partial charge is 0.415 e. The molecule has 2 saturated heterocycles. The molecule has 2 fully saturated rings. The molecule has 2 aliphatic heterocycles. The summed E-state index contributed by atoms with van der Waals surface area (Å²) in [6, 6.07) is 7.90. The molecule has 33 heavy (non-hydrogen) atoms. The zero-order chi connectivity index (χ0) is 23.2. The highest BCUT2D eigenvalue weighted by Gasteiger charge is 2.47. The lowest BCUT2D eigenvalue weighted by Gasteiger charge is -2.35. The molecule has 8 nitrogen and oxygen atoms in total. The molecule has 0 bridgehead atoms. The molecule has 2 radical (unpaired) electrons. The first kappa shape index (κ1) is 21.5. The molecule has 0 aliphatic carbocycles.